The molecule has 1 aromatic heterocycles. The van der Waals surface area contributed by atoms with Crippen molar-refractivity contribution in [2.24, 2.45) is 5.92 Å². The quantitative estimate of drug-likeness (QED) is 0.688. The van der Waals surface area contributed by atoms with E-state index in [4.69, 9.17) is 0 Å². The number of hydrogen-bond donors (Lipinski definition) is 1. The highest BCUT2D eigenvalue weighted by Crippen LogP contribution is 2.23. The van der Waals surface area contributed by atoms with E-state index in [2.05, 4.69) is 10.3 Å². The topological polar surface area (TPSA) is 62.3 Å². The van der Waals surface area contributed by atoms with Crippen LogP contribution >= 0.6 is 0 Å². The molecule has 5 nitrogen and oxygen atoms in total. The van der Waals surface area contributed by atoms with E-state index in [1.807, 2.05) is 35.1 Å². The summed E-state index contributed by atoms with van der Waals surface area (Å²) in [5.74, 6) is -0.119. The van der Waals surface area contributed by atoms with Gasteiger partial charge in [-0.25, -0.2) is 0 Å². The second-order valence-electron chi connectivity index (χ2n) is 5.49. The van der Waals surface area contributed by atoms with Crippen LogP contribution in [0, 0.1) is 5.92 Å². The molecule has 3 rings (SSSR count). The van der Waals surface area contributed by atoms with E-state index in [0.29, 0.717) is 6.54 Å². The van der Waals surface area contributed by atoms with Crippen LogP contribution in [0.25, 0.3) is 10.9 Å². The summed E-state index contributed by atoms with van der Waals surface area (Å²) in [5, 5.41) is 3.99. The number of anilines is 1. The summed E-state index contributed by atoms with van der Waals surface area (Å²) in [7, 11) is 1.51. The maximum atomic E-state index is 12.5. The number of nitrogens with one attached hydrogen (secondary N) is 1. The standard InChI is InChI=1S/C16H17BN3O2/c21-11-17-20-9-3-6-13(10-20)16(22)19-14-7-1-4-12-5-2-8-18-15(12)14/h1-2,4-5,7-8,11,13H,3,6,9-10H2,(H,19,22)/t13-/m1/s1. The summed E-state index contributed by atoms with van der Waals surface area (Å²) in [6, 6.07) is 9.60. The van der Waals surface area contributed by atoms with Gasteiger partial charge in [-0.1, -0.05) is 18.2 Å². The molecule has 0 aliphatic carbocycles. The Kier molecular flexibility index (Phi) is 4.49. The molecule has 1 N–H and O–H groups in total. The molecule has 1 amide bonds. The lowest BCUT2D eigenvalue weighted by Crippen LogP contribution is -2.42. The number of aromatic nitrogens is 1. The molecule has 22 heavy (non-hydrogen) atoms. The fourth-order valence-corrected chi connectivity index (χ4v) is 2.88. The van der Waals surface area contributed by atoms with Gasteiger partial charge in [-0.3, -0.25) is 9.78 Å². The molecule has 1 aromatic carbocycles. The van der Waals surface area contributed by atoms with Crippen LogP contribution < -0.4 is 5.32 Å². The molecule has 1 aliphatic heterocycles. The van der Waals surface area contributed by atoms with Crippen molar-refractivity contribution in [3.63, 3.8) is 0 Å². The summed E-state index contributed by atoms with van der Waals surface area (Å²) in [4.78, 5) is 29.3. The SMILES string of the molecule is O=C[B]N1CCC[C@@H](C(=O)Nc2cccc3cccnc23)C1. The monoisotopic (exact) mass is 294 g/mol. The highest BCUT2D eigenvalue weighted by atomic mass is 16.2. The molecule has 1 atom stereocenters. The van der Waals surface area contributed by atoms with Crippen molar-refractivity contribution in [3.8, 4) is 0 Å². The van der Waals surface area contributed by atoms with E-state index < -0.39 is 0 Å². The lowest BCUT2D eigenvalue weighted by Gasteiger charge is -2.30. The van der Waals surface area contributed by atoms with E-state index in [-0.39, 0.29) is 11.8 Å². The third kappa shape index (κ3) is 3.17. The molecule has 0 spiro atoms. The average molecular weight is 294 g/mol. The van der Waals surface area contributed by atoms with Crippen molar-refractivity contribution in [2.45, 2.75) is 12.8 Å². The van der Waals surface area contributed by atoms with Crippen LogP contribution in [0.3, 0.4) is 0 Å². The predicted octanol–water partition coefficient (Wildman–Crippen LogP) is 1.69. The summed E-state index contributed by atoms with van der Waals surface area (Å²) in [6.45, 7) is 1.42. The van der Waals surface area contributed by atoms with Gasteiger partial charge < -0.3 is 14.9 Å². The zero-order valence-corrected chi connectivity index (χ0v) is 12.2. The predicted molar refractivity (Wildman–Crippen MR) is 87.2 cm³/mol. The molecular weight excluding hydrogens is 277 g/mol. The number of benzene rings is 1. The number of hydrogen-bond acceptors (Lipinski definition) is 4. The molecule has 6 heteroatoms. The molecule has 2 heterocycles. The molecule has 0 saturated carbocycles. The molecule has 1 aliphatic rings. The van der Waals surface area contributed by atoms with Crippen LogP contribution in [-0.4, -0.2) is 42.4 Å². The Morgan fingerprint density at radius 3 is 3.09 bits per heavy atom. The smallest absolute Gasteiger partial charge is 0.293 e. The zero-order chi connectivity index (χ0) is 15.4. The molecule has 2 aromatic rings. The summed E-state index contributed by atoms with van der Waals surface area (Å²) in [5.41, 5.74) is 1.53. The minimum absolute atomic E-state index is 0.0119. The van der Waals surface area contributed by atoms with E-state index in [0.717, 1.165) is 42.2 Å². The minimum atomic E-state index is -0.107. The first-order valence-corrected chi connectivity index (χ1v) is 7.45. The number of pyridine rings is 1. The van der Waals surface area contributed by atoms with E-state index in [9.17, 15) is 9.59 Å². The number of nitrogens with zero attached hydrogens (tertiary/aromatic N) is 2. The Balaban J connectivity index is 1.74. The number of rotatable bonds is 4. The Morgan fingerprint density at radius 2 is 2.23 bits per heavy atom. The fourth-order valence-electron chi connectivity index (χ4n) is 2.88. The van der Waals surface area contributed by atoms with Gasteiger partial charge in [0.1, 0.15) is 0 Å². The molecule has 0 unspecified atom stereocenters. The van der Waals surface area contributed by atoms with Crippen LogP contribution in [0.5, 0.6) is 0 Å². The van der Waals surface area contributed by atoms with Gasteiger partial charge in [0, 0.05) is 11.6 Å². The van der Waals surface area contributed by atoms with E-state index in [1.54, 1.807) is 6.20 Å². The first-order chi connectivity index (χ1) is 10.8. The van der Waals surface area contributed by atoms with Crippen molar-refractivity contribution < 1.29 is 9.59 Å². The molecule has 1 saturated heterocycles. The highest BCUT2D eigenvalue weighted by Gasteiger charge is 2.26. The van der Waals surface area contributed by atoms with Crippen LogP contribution in [0.1, 0.15) is 12.8 Å². The Morgan fingerprint density at radius 1 is 1.36 bits per heavy atom. The Labute approximate surface area is 130 Å². The van der Waals surface area contributed by atoms with E-state index in [1.165, 1.54) is 7.41 Å². The van der Waals surface area contributed by atoms with E-state index >= 15 is 0 Å². The number of carbonyl (C=O) groups excluding carboxylic acids is 2. The molecule has 1 fully saturated rings. The summed E-state index contributed by atoms with van der Waals surface area (Å²) < 4.78 is 0. The molecule has 1 radical (unpaired) electrons. The van der Waals surface area contributed by atoms with Crippen molar-refractivity contribution in [1.29, 1.82) is 0 Å². The number of carbonyl (C=O) groups is 2. The van der Waals surface area contributed by atoms with Gasteiger partial charge in [0.25, 0.3) is 7.41 Å². The van der Waals surface area contributed by atoms with Gasteiger partial charge in [-0.05, 0) is 38.1 Å². The second-order valence-corrected chi connectivity index (χ2v) is 5.49. The third-order valence-electron chi connectivity index (χ3n) is 3.99. The van der Waals surface area contributed by atoms with Gasteiger partial charge in [-0.15, -0.1) is 0 Å². The zero-order valence-electron chi connectivity index (χ0n) is 12.2. The fraction of sp³-hybridized carbons (Fsp3) is 0.312. The van der Waals surface area contributed by atoms with Gasteiger partial charge in [0.2, 0.25) is 5.91 Å². The summed E-state index contributed by atoms with van der Waals surface area (Å²) >= 11 is 0. The van der Waals surface area contributed by atoms with Crippen molar-refractivity contribution in [1.82, 2.24) is 9.79 Å². The summed E-state index contributed by atoms with van der Waals surface area (Å²) in [6.07, 6.45) is 4.25. The minimum Gasteiger partial charge on any atom is -0.339 e. The highest BCUT2D eigenvalue weighted by molar-refractivity contribution is 6.64. The average Bonchev–Trinajstić information content (AvgIpc) is 2.56. The van der Waals surface area contributed by atoms with Gasteiger partial charge in [0.05, 0.1) is 23.3 Å². The lowest BCUT2D eigenvalue weighted by atomic mass is 9.86. The maximum absolute atomic E-state index is 12.5. The first-order valence-electron chi connectivity index (χ1n) is 7.45. The third-order valence-corrected chi connectivity index (χ3v) is 3.99. The van der Waals surface area contributed by atoms with Crippen LogP contribution in [-0.2, 0) is 9.59 Å². The number of para-hydroxylation sites is 1. The van der Waals surface area contributed by atoms with Gasteiger partial charge in [0.15, 0.2) is 0 Å². The maximum Gasteiger partial charge on any atom is 0.293 e. The van der Waals surface area contributed by atoms with Crippen LogP contribution in [0.15, 0.2) is 36.5 Å². The number of fused-ring (bicyclic) bond motifs is 1. The van der Waals surface area contributed by atoms with Crippen molar-refractivity contribution in [2.75, 3.05) is 18.4 Å². The lowest BCUT2D eigenvalue weighted by molar-refractivity contribution is -0.120. The van der Waals surface area contributed by atoms with Gasteiger partial charge in [-0.2, -0.15) is 0 Å². The molecule has 0 bridgehead atoms. The molecular formula is C16H17BN3O2. The number of amides is 1. The largest absolute Gasteiger partial charge is 0.339 e. The van der Waals surface area contributed by atoms with Crippen molar-refractivity contribution in [3.05, 3.63) is 36.5 Å². The number of piperidine rings is 1. The van der Waals surface area contributed by atoms with Crippen LogP contribution in [0.4, 0.5) is 5.69 Å². The van der Waals surface area contributed by atoms with Gasteiger partial charge >= 0.3 is 0 Å². The second kappa shape index (κ2) is 6.70. The van der Waals surface area contributed by atoms with Crippen molar-refractivity contribution >= 4 is 36.1 Å². The Hall–Kier alpha value is -2.21. The van der Waals surface area contributed by atoms with Crippen LogP contribution in [0.2, 0.25) is 0 Å². The normalized spacial score (nSPS) is 18.8. The first kappa shape index (κ1) is 14.7. The Bertz CT molecular complexity index is 687. The molecule has 111 valence electrons.